The van der Waals surface area contributed by atoms with Crippen molar-refractivity contribution in [3.63, 3.8) is 0 Å². The molecule has 0 aromatic carbocycles. The van der Waals surface area contributed by atoms with Gasteiger partial charge in [-0.1, -0.05) is 295 Å². The lowest BCUT2D eigenvalue weighted by atomic mass is 10.0. The Morgan fingerprint density at radius 3 is 0.830 bits per heavy atom. The number of allylic oxidation sites excluding steroid dienone is 8. The summed E-state index contributed by atoms with van der Waals surface area (Å²) in [5.74, 6) is -2.17. The molecule has 0 fully saturated rings. The highest BCUT2D eigenvalue weighted by Gasteiger charge is 2.30. The summed E-state index contributed by atoms with van der Waals surface area (Å²) >= 11 is 0. The second-order valence-corrected chi connectivity index (χ2v) is 28.5. The fraction of sp³-hybridized carbons (Fsp3) is 0.840. The minimum Gasteiger partial charge on any atom is -0.462 e. The van der Waals surface area contributed by atoms with Crippen molar-refractivity contribution >= 4 is 39.5 Å². The van der Waals surface area contributed by atoms with Crippen LogP contribution in [0.1, 0.15) is 349 Å². The molecule has 5 unspecified atom stereocenters. The first kappa shape index (κ1) is 91.0. The molecule has 0 saturated carbocycles. The molecular weight excluding hydrogens is 1230 g/mol. The van der Waals surface area contributed by atoms with Gasteiger partial charge in [-0.3, -0.25) is 37.3 Å². The van der Waals surface area contributed by atoms with Crippen LogP contribution in [0.2, 0.25) is 0 Å². The Labute approximate surface area is 572 Å². The van der Waals surface area contributed by atoms with Crippen molar-refractivity contribution in [3.8, 4) is 0 Å². The van der Waals surface area contributed by atoms with Gasteiger partial charge in [-0.2, -0.15) is 0 Å². The van der Waals surface area contributed by atoms with Crippen LogP contribution in [0.5, 0.6) is 0 Å². The van der Waals surface area contributed by atoms with E-state index in [4.69, 9.17) is 37.0 Å². The minimum absolute atomic E-state index is 0.0799. The van der Waals surface area contributed by atoms with Crippen LogP contribution in [-0.2, 0) is 65.4 Å². The lowest BCUT2D eigenvalue weighted by Gasteiger charge is -2.21. The van der Waals surface area contributed by atoms with Crippen LogP contribution in [0.15, 0.2) is 48.6 Å². The van der Waals surface area contributed by atoms with Crippen molar-refractivity contribution in [2.45, 2.75) is 367 Å². The van der Waals surface area contributed by atoms with Crippen LogP contribution in [0, 0.1) is 0 Å². The number of esters is 4. The Morgan fingerprint density at radius 1 is 0.298 bits per heavy atom. The third-order valence-electron chi connectivity index (χ3n) is 16.3. The van der Waals surface area contributed by atoms with E-state index in [1.807, 2.05) is 0 Å². The molecule has 0 bridgehead atoms. The summed E-state index contributed by atoms with van der Waals surface area (Å²) in [7, 11) is -9.93. The van der Waals surface area contributed by atoms with E-state index >= 15 is 0 Å². The molecule has 5 atom stereocenters. The molecule has 0 radical (unpaired) electrons. The lowest BCUT2D eigenvalue weighted by Crippen LogP contribution is -2.30. The second kappa shape index (κ2) is 68.5. The van der Waals surface area contributed by atoms with Crippen molar-refractivity contribution in [3.05, 3.63) is 48.6 Å². The van der Waals surface area contributed by atoms with E-state index in [1.165, 1.54) is 122 Å². The van der Waals surface area contributed by atoms with Gasteiger partial charge in [0.1, 0.15) is 19.3 Å². The van der Waals surface area contributed by atoms with Gasteiger partial charge in [-0.15, -0.1) is 0 Å². The number of aliphatic hydroxyl groups is 1. The predicted octanol–water partition coefficient (Wildman–Crippen LogP) is 21.3. The highest BCUT2D eigenvalue weighted by molar-refractivity contribution is 7.47. The number of phosphoric ester groups is 2. The first-order chi connectivity index (χ1) is 45.7. The van der Waals surface area contributed by atoms with Crippen molar-refractivity contribution in [2.75, 3.05) is 39.6 Å². The number of hydrogen-bond donors (Lipinski definition) is 3. The van der Waals surface area contributed by atoms with Crippen molar-refractivity contribution in [1.82, 2.24) is 0 Å². The average molecular weight is 1370 g/mol. The molecule has 0 saturated heterocycles. The Kier molecular flexibility index (Phi) is 66.4. The van der Waals surface area contributed by atoms with E-state index in [2.05, 4.69) is 76.3 Å². The van der Waals surface area contributed by atoms with Crippen LogP contribution in [0.4, 0.5) is 0 Å². The van der Waals surface area contributed by atoms with E-state index in [0.717, 1.165) is 148 Å². The number of unbranched alkanes of at least 4 members (excludes halogenated alkanes) is 38. The Hall–Kier alpha value is -2.98. The van der Waals surface area contributed by atoms with Gasteiger partial charge in [0, 0.05) is 25.7 Å². The number of hydrogen-bond acceptors (Lipinski definition) is 15. The third-order valence-corrected chi connectivity index (χ3v) is 18.2. The van der Waals surface area contributed by atoms with Gasteiger partial charge < -0.3 is 33.8 Å². The number of aliphatic hydroxyl groups excluding tert-OH is 1. The molecular formula is C75H138O17P2. The van der Waals surface area contributed by atoms with E-state index in [1.54, 1.807) is 0 Å². The van der Waals surface area contributed by atoms with Gasteiger partial charge in [0.25, 0.3) is 0 Å². The van der Waals surface area contributed by atoms with Gasteiger partial charge in [0.05, 0.1) is 26.4 Å². The van der Waals surface area contributed by atoms with Gasteiger partial charge >= 0.3 is 39.5 Å². The molecule has 0 aliphatic heterocycles. The van der Waals surface area contributed by atoms with Crippen molar-refractivity contribution in [1.29, 1.82) is 0 Å². The van der Waals surface area contributed by atoms with E-state index in [-0.39, 0.29) is 25.7 Å². The van der Waals surface area contributed by atoms with E-state index in [9.17, 15) is 43.2 Å². The van der Waals surface area contributed by atoms with Gasteiger partial charge in [-0.25, -0.2) is 9.13 Å². The number of rotatable bonds is 72. The molecule has 0 aromatic heterocycles. The number of ether oxygens (including phenoxy) is 4. The van der Waals surface area contributed by atoms with Crippen LogP contribution >= 0.6 is 15.6 Å². The fourth-order valence-electron chi connectivity index (χ4n) is 10.5. The van der Waals surface area contributed by atoms with Gasteiger partial charge in [-0.05, 0) is 77.0 Å². The number of phosphoric acid groups is 2. The minimum atomic E-state index is -4.97. The molecule has 0 amide bonds. The summed E-state index contributed by atoms with van der Waals surface area (Å²) in [5, 5.41) is 10.6. The molecule has 0 aromatic rings. The zero-order valence-corrected chi connectivity index (χ0v) is 61.7. The van der Waals surface area contributed by atoms with Crippen LogP contribution in [-0.4, -0.2) is 96.7 Å². The van der Waals surface area contributed by atoms with Gasteiger partial charge in [0.15, 0.2) is 12.2 Å². The van der Waals surface area contributed by atoms with Crippen LogP contribution in [0.25, 0.3) is 0 Å². The van der Waals surface area contributed by atoms with Crippen LogP contribution in [0.3, 0.4) is 0 Å². The van der Waals surface area contributed by atoms with E-state index in [0.29, 0.717) is 25.7 Å². The summed E-state index contributed by atoms with van der Waals surface area (Å²) in [6.07, 6.45) is 63.9. The zero-order chi connectivity index (χ0) is 69.0. The fourth-order valence-corrected chi connectivity index (χ4v) is 12.1. The van der Waals surface area contributed by atoms with Crippen molar-refractivity contribution in [2.24, 2.45) is 0 Å². The summed E-state index contributed by atoms with van der Waals surface area (Å²) < 4.78 is 68.4. The maximum Gasteiger partial charge on any atom is 0.472 e. The maximum atomic E-state index is 13.1. The van der Waals surface area contributed by atoms with Gasteiger partial charge in [0.2, 0.25) is 0 Å². The second-order valence-electron chi connectivity index (χ2n) is 25.6. The smallest absolute Gasteiger partial charge is 0.462 e. The molecule has 0 aliphatic rings. The molecule has 550 valence electrons. The topological polar surface area (TPSA) is 237 Å². The van der Waals surface area contributed by atoms with Crippen LogP contribution < -0.4 is 0 Å². The largest absolute Gasteiger partial charge is 0.472 e. The molecule has 0 rings (SSSR count). The Bertz CT molecular complexity index is 1980. The number of carbonyl (C=O) groups excluding carboxylic acids is 4. The van der Waals surface area contributed by atoms with Crippen molar-refractivity contribution < 1.29 is 80.2 Å². The highest BCUT2D eigenvalue weighted by atomic mass is 31.2. The average Bonchev–Trinajstić information content (AvgIpc) is 2.45. The molecule has 94 heavy (non-hydrogen) atoms. The SMILES string of the molecule is CCC/C=C\C/C=C\CCCCCCCC(=O)OCC(COP(=O)(O)OCC(O)COP(=O)(O)OCC(COC(=O)CCCCCCCCCCCCCCCCC)OC(=O)CCCCCCCCCCCCCCC)OC(=O)CCCCCCC/C=C\C/C=C\CCC. The third kappa shape index (κ3) is 67.6. The number of carbonyl (C=O) groups is 4. The first-order valence-electron chi connectivity index (χ1n) is 37.9. The zero-order valence-electron chi connectivity index (χ0n) is 59.9. The lowest BCUT2D eigenvalue weighted by molar-refractivity contribution is -0.161. The Morgan fingerprint density at radius 2 is 0.543 bits per heavy atom. The first-order valence-corrected chi connectivity index (χ1v) is 40.9. The molecule has 0 heterocycles. The van der Waals surface area contributed by atoms with E-state index < -0.39 is 97.5 Å². The molecule has 0 aliphatic carbocycles. The molecule has 0 spiro atoms. The summed E-state index contributed by atoms with van der Waals surface area (Å²) in [6, 6.07) is 0. The maximum absolute atomic E-state index is 13.1. The summed E-state index contributed by atoms with van der Waals surface area (Å²) in [6.45, 7) is 4.77. The molecule has 3 N–H and O–H groups in total. The quantitative estimate of drug-likeness (QED) is 0.0169. The normalized spacial score (nSPS) is 14.2. The molecule has 17 nitrogen and oxygen atoms in total. The highest BCUT2D eigenvalue weighted by Crippen LogP contribution is 2.45. The predicted molar refractivity (Wildman–Crippen MR) is 381 cm³/mol. The molecule has 19 heteroatoms. The monoisotopic (exact) mass is 1370 g/mol. The Balaban J connectivity index is 5.30. The standard InChI is InChI=1S/C75H138O17P2/c1-5-9-13-17-21-25-29-33-34-38-40-44-48-52-56-60-73(78)86-66-71(92-75(80)62-58-54-50-46-42-37-32-28-24-20-16-12-8-4)68-90-94(83,84)88-64-69(76)63-87-93(81,82)89-67-70(91-74(79)61-57-53-49-45-41-36-31-27-23-19-15-11-7-3)65-85-72(77)59-55-51-47-43-39-35-30-26-22-18-14-10-6-2/h14-15,18-19,26-27,30-31,69-71,76H,5-13,16-17,20-25,28-29,32-68H2,1-4H3,(H,81,82)(H,83,84)/b18-14-,19-15-,30-26-,31-27-. The summed E-state index contributed by atoms with van der Waals surface area (Å²) in [4.78, 5) is 72.7. The summed E-state index contributed by atoms with van der Waals surface area (Å²) in [5.41, 5.74) is 0.